The van der Waals surface area contributed by atoms with Gasteiger partial charge in [-0.2, -0.15) is 0 Å². The van der Waals surface area contributed by atoms with Gasteiger partial charge in [0, 0.05) is 4.90 Å². The van der Waals surface area contributed by atoms with Crippen molar-refractivity contribution in [2.75, 3.05) is 13.4 Å². The fourth-order valence-corrected chi connectivity index (χ4v) is 4.76. The Kier molecular flexibility index (Phi) is 3.95. The number of rotatable bonds is 3. The lowest BCUT2D eigenvalue weighted by molar-refractivity contribution is 0.405. The quantitative estimate of drug-likeness (QED) is 0.324. The molecule has 0 bridgehead atoms. The molecule has 4 aromatic carbocycles. The van der Waals surface area contributed by atoms with Crippen LogP contribution in [0.5, 0.6) is 5.75 Å². The van der Waals surface area contributed by atoms with Crippen molar-refractivity contribution in [2.45, 2.75) is 11.3 Å². The molecule has 0 unspecified atom stereocenters. The molecule has 4 aromatic rings. The normalized spacial score (nSPS) is 12.1. The highest BCUT2D eigenvalue weighted by molar-refractivity contribution is 7.98. The van der Waals surface area contributed by atoms with E-state index in [1.165, 1.54) is 49.0 Å². The van der Waals surface area contributed by atoms with Crippen molar-refractivity contribution in [3.05, 3.63) is 83.9 Å². The van der Waals surface area contributed by atoms with Crippen LogP contribution in [0.25, 0.3) is 33.0 Å². The molecule has 0 radical (unpaired) electrons. The van der Waals surface area contributed by atoms with Gasteiger partial charge in [-0.05, 0) is 75.0 Å². The van der Waals surface area contributed by atoms with Gasteiger partial charge in [0.25, 0.3) is 0 Å². The van der Waals surface area contributed by atoms with Gasteiger partial charge in [-0.1, -0.05) is 54.6 Å². The third-order valence-electron chi connectivity index (χ3n) is 5.50. The van der Waals surface area contributed by atoms with E-state index in [2.05, 4.69) is 79.1 Å². The summed E-state index contributed by atoms with van der Waals surface area (Å²) in [5.41, 5.74) is 8.25. The first-order valence-electron chi connectivity index (χ1n) is 9.15. The summed E-state index contributed by atoms with van der Waals surface area (Å²) < 4.78 is 5.53. The molecular formula is C25H20OS. The number of thioether (sulfide) groups is 1. The van der Waals surface area contributed by atoms with Gasteiger partial charge < -0.3 is 4.74 Å². The van der Waals surface area contributed by atoms with Crippen LogP contribution in [0.4, 0.5) is 0 Å². The molecule has 0 aliphatic heterocycles. The standard InChI is InChI=1S/C25H20OS/c1-26-24-14-16-10-11-18(12-19(16)15-25(24)27-2)21-8-5-9-22-20-7-4-3-6-17(20)13-23(21)22/h3-12,14-15H,13H2,1-2H3. The van der Waals surface area contributed by atoms with Crippen LogP contribution in [0.2, 0.25) is 0 Å². The van der Waals surface area contributed by atoms with Crippen molar-refractivity contribution < 1.29 is 4.74 Å². The molecule has 27 heavy (non-hydrogen) atoms. The van der Waals surface area contributed by atoms with Gasteiger partial charge in [0.15, 0.2) is 0 Å². The van der Waals surface area contributed by atoms with Gasteiger partial charge in [0.05, 0.1) is 7.11 Å². The minimum Gasteiger partial charge on any atom is -0.496 e. The average molecular weight is 369 g/mol. The molecule has 0 aromatic heterocycles. The molecule has 0 amide bonds. The molecule has 0 N–H and O–H groups in total. The van der Waals surface area contributed by atoms with E-state index in [4.69, 9.17) is 4.74 Å². The number of methoxy groups -OCH3 is 1. The summed E-state index contributed by atoms with van der Waals surface area (Å²) in [7, 11) is 1.74. The van der Waals surface area contributed by atoms with Crippen LogP contribution in [-0.2, 0) is 6.42 Å². The van der Waals surface area contributed by atoms with Crippen molar-refractivity contribution in [1.29, 1.82) is 0 Å². The van der Waals surface area contributed by atoms with Crippen LogP contribution in [0, 0.1) is 0 Å². The Labute approximate surface area is 164 Å². The molecule has 0 atom stereocenters. The van der Waals surface area contributed by atoms with Crippen molar-refractivity contribution >= 4 is 22.5 Å². The summed E-state index contributed by atoms with van der Waals surface area (Å²) in [6.45, 7) is 0. The Morgan fingerprint density at radius 1 is 0.778 bits per heavy atom. The Hall–Kier alpha value is -2.71. The second kappa shape index (κ2) is 6.47. The molecule has 0 fully saturated rings. The van der Waals surface area contributed by atoms with E-state index in [0.29, 0.717) is 0 Å². The SMILES string of the molecule is COc1cc2ccc(-c3cccc4c3Cc3ccccc3-4)cc2cc1SC. The summed E-state index contributed by atoms with van der Waals surface area (Å²) in [6, 6.07) is 26.6. The van der Waals surface area contributed by atoms with Crippen molar-refractivity contribution in [3.8, 4) is 28.0 Å². The van der Waals surface area contributed by atoms with Crippen LogP contribution >= 0.6 is 11.8 Å². The van der Waals surface area contributed by atoms with Crippen LogP contribution in [0.1, 0.15) is 11.1 Å². The average Bonchev–Trinajstić information content (AvgIpc) is 3.11. The minimum atomic E-state index is 0.943. The second-order valence-electron chi connectivity index (χ2n) is 6.93. The molecular weight excluding hydrogens is 348 g/mol. The zero-order chi connectivity index (χ0) is 18.4. The number of hydrogen-bond donors (Lipinski definition) is 0. The second-order valence-corrected chi connectivity index (χ2v) is 7.78. The maximum Gasteiger partial charge on any atom is 0.133 e. The van der Waals surface area contributed by atoms with E-state index in [1.54, 1.807) is 18.9 Å². The van der Waals surface area contributed by atoms with E-state index in [9.17, 15) is 0 Å². The summed E-state index contributed by atoms with van der Waals surface area (Å²) >= 11 is 1.72. The highest BCUT2D eigenvalue weighted by Crippen LogP contribution is 2.42. The van der Waals surface area contributed by atoms with Crippen molar-refractivity contribution in [1.82, 2.24) is 0 Å². The molecule has 1 aliphatic rings. The Balaban J connectivity index is 1.67. The topological polar surface area (TPSA) is 9.23 Å². The number of ether oxygens (including phenoxy) is 1. The molecule has 0 heterocycles. The first-order valence-corrected chi connectivity index (χ1v) is 10.4. The number of hydrogen-bond acceptors (Lipinski definition) is 2. The van der Waals surface area contributed by atoms with Crippen molar-refractivity contribution in [2.24, 2.45) is 0 Å². The smallest absolute Gasteiger partial charge is 0.133 e. The van der Waals surface area contributed by atoms with Gasteiger partial charge in [-0.15, -0.1) is 11.8 Å². The van der Waals surface area contributed by atoms with Gasteiger partial charge >= 0.3 is 0 Å². The fraction of sp³-hybridized carbons (Fsp3) is 0.120. The molecule has 2 heteroatoms. The number of benzene rings is 4. The molecule has 5 rings (SSSR count). The van der Waals surface area contributed by atoms with Gasteiger partial charge in [0.2, 0.25) is 0 Å². The summed E-state index contributed by atoms with van der Waals surface area (Å²) in [5, 5.41) is 2.47. The highest BCUT2D eigenvalue weighted by Gasteiger charge is 2.21. The lowest BCUT2D eigenvalue weighted by atomic mass is 9.94. The van der Waals surface area contributed by atoms with Crippen LogP contribution in [0.3, 0.4) is 0 Å². The molecule has 0 spiro atoms. The van der Waals surface area contributed by atoms with E-state index < -0.39 is 0 Å². The molecule has 132 valence electrons. The van der Waals surface area contributed by atoms with Gasteiger partial charge in [0.1, 0.15) is 5.75 Å². The lowest BCUT2D eigenvalue weighted by Gasteiger charge is -2.12. The summed E-state index contributed by atoms with van der Waals surface area (Å²) in [4.78, 5) is 1.17. The Morgan fingerprint density at radius 3 is 2.44 bits per heavy atom. The van der Waals surface area contributed by atoms with Crippen LogP contribution < -0.4 is 4.74 Å². The van der Waals surface area contributed by atoms with Crippen LogP contribution in [0.15, 0.2) is 77.7 Å². The predicted molar refractivity (Wildman–Crippen MR) is 116 cm³/mol. The summed E-state index contributed by atoms with van der Waals surface area (Å²) in [5.74, 6) is 0.943. The van der Waals surface area contributed by atoms with Crippen LogP contribution in [-0.4, -0.2) is 13.4 Å². The van der Waals surface area contributed by atoms with Crippen molar-refractivity contribution in [3.63, 3.8) is 0 Å². The maximum absolute atomic E-state index is 5.53. The van der Waals surface area contributed by atoms with E-state index in [1.807, 2.05) is 0 Å². The third kappa shape index (κ3) is 2.64. The largest absolute Gasteiger partial charge is 0.496 e. The third-order valence-corrected chi connectivity index (χ3v) is 6.26. The highest BCUT2D eigenvalue weighted by atomic mass is 32.2. The monoisotopic (exact) mass is 368 g/mol. The zero-order valence-corrected chi connectivity index (χ0v) is 16.3. The first-order chi connectivity index (χ1) is 13.3. The van der Waals surface area contributed by atoms with Gasteiger partial charge in [-0.3, -0.25) is 0 Å². The number of fused-ring (bicyclic) bond motifs is 4. The van der Waals surface area contributed by atoms with E-state index in [-0.39, 0.29) is 0 Å². The molecule has 0 saturated heterocycles. The minimum absolute atomic E-state index is 0.943. The molecule has 1 aliphatic carbocycles. The van der Waals surface area contributed by atoms with Gasteiger partial charge in [-0.25, -0.2) is 0 Å². The fourth-order valence-electron chi connectivity index (χ4n) is 4.17. The predicted octanol–water partition coefficient (Wildman–Crippen LogP) is 6.81. The molecule has 1 nitrogen and oxygen atoms in total. The zero-order valence-electron chi connectivity index (χ0n) is 15.5. The maximum atomic E-state index is 5.53. The molecule has 0 saturated carbocycles. The Morgan fingerprint density at radius 2 is 1.59 bits per heavy atom. The van der Waals surface area contributed by atoms with E-state index in [0.717, 1.165) is 12.2 Å². The summed E-state index contributed by atoms with van der Waals surface area (Å²) in [6.07, 6.45) is 3.10. The first kappa shape index (κ1) is 16.5. The Bertz CT molecular complexity index is 1180. The van der Waals surface area contributed by atoms with E-state index >= 15 is 0 Å². The lowest BCUT2D eigenvalue weighted by Crippen LogP contribution is -1.90.